The van der Waals surface area contributed by atoms with Crippen molar-refractivity contribution in [2.75, 3.05) is 20.8 Å². The van der Waals surface area contributed by atoms with Crippen LogP contribution in [0.1, 0.15) is 27.6 Å². The Morgan fingerprint density at radius 2 is 1.61 bits per heavy atom. The number of aliphatic hydroxyl groups excluding tert-OH is 1. The zero-order chi connectivity index (χ0) is 26.0. The highest BCUT2D eigenvalue weighted by molar-refractivity contribution is 6.10. The highest BCUT2D eigenvalue weighted by Crippen LogP contribution is 2.47. The standard InChI is InChI=1S/C26H24O10/c1-33-20-9-14(4-6-16(20)29)25-23(12-27)36-26-21(34-2)7-13(8-22(26)35-25)3-5-17(30)24-18(31)10-15(28)11-19(24)32/h3-11,23,25,27-29,31-32H,12H2,1-2H3/b5-3+. The largest absolute Gasteiger partial charge is 0.508 e. The van der Waals surface area contributed by atoms with Gasteiger partial charge < -0.3 is 44.5 Å². The van der Waals surface area contributed by atoms with Gasteiger partial charge in [-0.05, 0) is 35.9 Å². The molecule has 10 nitrogen and oxygen atoms in total. The summed E-state index contributed by atoms with van der Waals surface area (Å²) in [4.78, 5) is 12.6. The SMILES string of the molecule is COc1cc(C2Oc3cc(/C=C/C(=O)c4c(O)cc(O)cc4O)cc(OC)c3OC2CO)ccc1O. The number of methoxy groups -OCH3 is 2. The summed E-state index contributed by atoms with van der Waals surface area (Å²) < 4.78 is 22.7. The fourth-order valence-electron chi connectivity index (χ4n) is 3.87. The lowest BCUT2D eigenvalue weighted by atomic mass is 10.0. The number of hydrogen-bond acceptors (Lipinski definition) is 10. The van der Waals surface area contributed by atoms with Crippen LogP contribution in [0.15, 0.2) is 48.5 Å². The van der Waals surface area contributed by atoms with Gasteiger partial charge in [-0.1, -0.05) is 12.1 Å². The maximum Gasteiger partial charge on any atom is 0.204 e. The summed E-state index contributed by atoms with van der Waals surface area (Å²) in [6, 6.07) is 9.72. The molecule has 1 heterocycles. The molecule has 1 aliphatic heterocycles. The Hall–Kier alpha value is -4.57. The lowest BCUT2D eigenvalue weighted by molar-refractivity contribution is -0.0141. The van der Waals surface area contributed by atoms with Crippen molar-refractivity contribution in [3.63, 3.8) is 0 Å². The van der Waals surface area contributed by atoms with Crippen LogP contribution in [0.4, 0.5) is 0 Å². The number of aliphatic hydroxyl groups is 1. The zero-order valence-electron chi connectivity index (χ0n) is 19.3. The molecule has 0 aliphatic carbocycles. The van der Waals surface area contributed by atoms with Crippen LogP contribution in [-0.4, -0.2) is 58.2 Å². The van der Waals surface area contributed by atoms with Crippen molar-refractivity contribution >= 4 is 11.9 Å². The molecule has 10 heteroatoms. The zero-order valence-corrected chi connectivity index (χ0v) is 19.3. The summed E-state index contributed by atoms with van der Waals surface area (Å²) >= 11 is 0. The van der Waals surface area contributed by atoms with Gasteiger partial charge in [-0.3, -0.25) is 4.79 Å². The molecular formula is C26H24O10. The molecule has 3 aromatic rings. The van der Waals surface area contributed by atoms with Crippen LogP contribution in [-0.2, 0) is 0 Å². The lowest BCUT2D eigenvalue weighted by Gasteiger charge is -2.34. The summed E-state index contributed by atoms with van der Waals surface area (Å²) in [6.07, 6.45) is 1.02. The molecular weight excluding hydrogens is 472 g/mol. The minimum absolute atomic E-state index is 0.0524. The number of ether oxygens (including phenoxy) is 4. The minimum Gasteiger partial charge on any atom is -0.508 e. The summed E-state index contributed by atoms with van der Waals surface area (Å²) in [5.41, 5.74) is 0.702. The van der Waals surface area contributed by atoms with E-state index in [1.54, 1.807) is 24.3 Å². The quantitative estimate of drug-likeness (QED) is 0.243. The molecule has 0 aromatic heterocycles. The Labute approximate surface area is 205 Å². The number of benzene rings is 3. The van der Waals surface area contributed by atoms with E-state index < -0.39 is 29.5 Å². The highest BCUT2D eigenvalue weighted by Gasteiger charge is 2.35. The Balaban J connectivity index is 1.68. The van der Waals surface area contributed by atoms with E-state index in [-0.39, 0.29) is 46.7 Å². The van der Waals surface area contributed by atoms with Crippen LogP contribution in [0.5, 0.6) is 46.0 Å². The molecule has 0 fully saturated rings. The van der Waals surface area contributed by atoms with E-state index >= 15 is 0 Å². The minimum atomic E-state index is -0.788. The van der Waals surface area contributed by atoms with Crippen LogP contribution in [0, 0.1) is 0 Å². The van der Waals surface area contributed by atoms with E-state index in [2.05, 4.69) is 0 Å². The van der Waals surface area contributed by atoms with Crippen molar-refractivity contribution in [1.29, 1.82) is 0 Å². The second kappa shape index (κ2) is 9.96. The number of carbonyl (C=O) groups excluding carboxylic acids is 1. The first-order valence-corrected chi connectivity index (χ1v) is 10.8. The maximum atomic E-state index is 12.6. The average molecular weight is 496 g/mol. The van der Waals surface area contributed by atoms with Crippen molar-refractivity contribution in [3.05, 3.63) is 65.2 Å². The molecule has 0 bridgehead atoms. The Bertz CT molecular complexity index is 1310. The number of phenols is 4. The number of carbonyl (C=O) groups is 1. The van der Waals surface area contributed by atoms with Crippen LogP contribution in [0.3, 0.4) is 0 Å². The van der Waals surface area contributed by atoms with Gasteiger partial charge in [0.1, 0.15) is 22.8 Å². The molecule has 0 spiro atoms. The molecule has 4 rings (SSSR count). The predicted molar refractivity (Wildman–Crippen MR) is 127 cm³/mol. The highest BCUT2D eigenvalue weighted by atomic mass is 16.6. The second-order valence-corrected chi connectivity index (χ2v) is 7.92. The number of fused-ring (bicyclic) bond motifs is 1. The first kappa shape index (κ1) is 24.6. The van der Waals surface area contributed by atoms with Crippen molar-refractivity contribution in [1.82, 2.24) is 0 Å². The van der Waals surface area contributed by atoms with Gasteiger partial charge in [0.25, 0.3) is 0 Å². The van der Waals surface area contributed by atoms with Crippen molar-refractivity contribution in [3.8, 4) is 46.0 Å². The molecule has 5 N–H and O–H groups in total. The van der Waals surface area contributed by atoms with E-state index in [4.69, 9.17) is 18.9 Å². The molecule has 0 saturated heterocycles. The van der Waals surface area contributed by atoms with Gasteiger partial charge in [-0.15, -0.1) is 0 Å². The van der Waals surface area contributed by atoms with Gasteiger partial charge in [-0.25, -0.2) is 0 Å². The van der Waals surface area contributed by atoms with E-state index in [9.17, 15) is 30.3 Å². The number of ketones is 1. The number of phenolic OH excluding ortho intramolecular Hbond substituents is 4. The second-order valence-electron chi connectivity index (χ2n) is 7.92. The summed E-state index contributed by atoms with van der Waals surface area (Å²) in [5, 5.41) is 49.2. The van der Waals surface area contributed by atoms with Crippen LogP contribution in [0.2, 0.25) is 0 Å². The summed E-state index contributed by atoms with van der Waals surface area (Å²) in [6.45, 7) is -0.369. The van der Waals surface area contributed by atoms with Crippen LogP contribution < -0.4 is 18.9 Å². The van der Waals surface area contributed by atoms with E-state index in [1.807, 2.05) is 0 Å². The van der Waals surface area contributed by atoms with Gasteiger partial charge in [0.15, 0.2) is 41.0 Å². The van der Waals surface area contributed by atoms with Gasteiger partial charge >= 0.3 is 0 Å². The third kappa shape index (κ3) is 4.66. The number of hydrogen-bond donors (Lipinski definition) is 5. The van der Waals surface area contributed by atoms with Gasteiger partial charge in [0, 0.05) is 17.7 Å². The van der Waals surface area contributed by atoms with Crippen LogP contribution >= 0.6 is 0 Å². The molecule has 0 saturated carbocycles. The number of allylic oxidation sites excluding steroid dienone is 1. The fourth-order valence-corrected chi connectivity index (χ4v) is 3.87. The molecule has 3 aromatic carbocycles. The van der Waals surface area contributed by atoms with Gasteiger partial charge in [0.2, 0.25) is 5.75 Å². The Kier molecular flexibility index (Phi) is 6.80. The third-order valence-corrected chi connectivity index (χ3v) is 5.59. The predicted octanol–water partition coefficient (Wildman–Crippen LogP) is 3.30. The number of aromatic hydroxyl groups is 4. The van der Waals surface area contributed by atoms with Gasteiger partial charge in [0.05, 0.1) is 20.8 Å². The topological polar surface area (TPSA) is 155 Å². The lowest BCUT2D eigenvalue weighted by Crippen LogP contribution is -2.36. The molecule has 0 amide bonds. The molecule has 2 unspecified atom stereocenters. The van der Waals surface area contributed by atoms with Crippen molar-refractivity contribution in [2.24, 2.45) is 0 Å². The Morgan fingerprint density at radius 1 is 0.917 bits per heavy atom. The smallest absolute Gasteiger partial charge is 0.204 e. The third-order valence-electron chi connectivity index (χ3n) is 5.59. The van der Waals surface area contributed by atoms with E-state index in [0.717, 1.165) is 18.2 Å². The van der Waals surface area contributed by atoms with Crippen molar-refractivity contribution in [2.45, 2.75) is 12.2 Å². The monoisotopic (exact) mass is 496 g/mol. The van der Waals surface area contributed by atoms with Crippen molar-refractivity contribution < 1.29 is 49.3 Å². The van der Waals surface area contributed by atoms with E-state index in [1.165, 1.54) is 26.4 Å². The first-order chi connectivity index (χ1) is 17.2. The fraction of sp³-hybridized carbons (Fsp3) is 0.192. The normalized spacial score (nSPS) is 16.6. The maximum absolute atomic E-state index is 12.6. The molecule has 2 atom stereocenters. The summed E-state index contributed by atoms with van der Waals surface area (Å²) in [5.74, 6) is -1.22. The van der Waals surface area contributed by atoms with Gasteiger partial charge in [-0.2, -0.15) is 0 Å². The van der Waals surface area contributed by atoms with Crippen LogP contribution in [0.25, 0.3) is 6.08 Å². The number of rotatable bonds is 7. The molecule has 1 aliphatic rings. The average Bonchev–Trinajstić information content (AvgIpc) is 2.85. The molecule has 36 heavy (non-hydrogen) atoms. The summed E-state index contributed by atoms with van der Waals surface area (Å²) in [7, 11) is 2.84. The molecule has 188 valence electrons. The molecule has 0 radical (unpaired) electrons. The van der Waals surface area contributed by atoms with E-state index in [0.29, 0.717) is 11.1 Å². The Morgan fingerprint density at radius 3 is 2.25 bits per heavy atom. The first-order valence-electron chi connectivity index (χ1n) is 10.8.